The number of rotatable bonds is 1. The Bertz CT molecular complexity index is 182. The van der Waals surface area contributed by atoms with Crippen LogP contribution in [0.5, 0.6) is 0 Å². The van der Waals surface area contributed by atoms with E-state index in [1.54, 1.807) is 0 Å². The molecule has 0 aromatic heterocycles. The summed E-state index contributed by atoms with van der Waals surface area (Å²) in [6, 6.07) is 0. The van der Waals surface area contributed by atoms with Crippen LogP contribution in [0.2, 0.25) is 0 Å². The van der Waals surface area contributed by atoms with Crippen LogP contribution >= 0.6 is 0 Å². The number of hydrogen-bond donors (Lipinski definition) is 0. The van der Waals surface area contributed by atoms with Gasteiger partial charge in [-0.1, -0.05) is 13.0 Å². The van der Waals surface area contributed by atoms with Crippen LogP contribution in [0.15, 0.2) is 11.6 Å². The Kier molecular flexibility index (Phi) is 2.69. The summed E-state index contributed by atoms with van der Waals surface area (Å²) in [5.41, 5.74) is 0.860. The van der Waals surface area contributed by atoms with Gasteiger partial charge in [0.1, 0.15) is 0 Å². The molecule has 0 amide bonds. The zero-order chi connectivity index (χ0) is 8.27. The van der Waals surface area contributed by atoms with Gasteiger partial charge >= 0.3 is 5.97 Å². The van der Waals surface area contributed by atoms with Gasteiger partial charge in [-0.05, 0) is 25.2 Å². The van der Waals surface area contributed by atoms with Gasteiger partial charge in [-0.3, -0.25) is 0 Å². The number of allylic oxidation sites excluding steroid dienone is 1. The third-order valence-electron chi connectivity index (χ3n) is 2.16. The molecule has 62 valence electrons. The largest absolute Gasteiger partial charge is 0.466 e. The molecule has 0 aliphatic heterocycles. The smallest absolute Gasteiger partial charge is 0.333 e. The third kappa shape index (κ3) is 1.82. The highest BCUT2D eigenvalue weighted by molar-refractivity contribution is 5.88. The Morgan fingerprint density at radius 2 is 2.45 bits per heavy atom. The lowest BCUT2D eigenvalue weighted by molar-refractivity contribution is -0.136. The van der Waals surface area contributed by atoms with Crippen LogP contribution in [0.4, 0.5) is 0 Å². The Balaban J connectivity index is 2.67. The normalized spacial score (nSPS) is 24.2. The average molecular weight is 154 g/mol. The van der Waals surface area contributed by atoms with E-state index in [2.05, 4.69) is 11.7 Å². The summed E-state index contributed by atoms with van der Waals surface area (Å²) < 4.78 is 4.65. The monoisotopic (exact) mass is 154 g/mol. The lowest BCUT2D eigenvalue weighted by Gasteiger charge is -2.17. The minimum Gasteiger partial charge on any atom is -0.466 e. The lowest BCUT2D eigenvalue weighted by Crippen LogP contribution is -2.14. The quantitative estimate of drug-likeness (QED) is 0.539. The third-order valence-corrected chi connectivity index (χ3v) is 2.16. The molecule has 0 aromatic rings. The van der Waals surface area contributed by atoms with Gasteiger partial charge in [0.15, 0.2) is 0 Å². The fraction of sp³-hybridized carbons (Fsp3) is 0.667. The van der Waals surface area contributed by atoms with Gasteiger partial charge in [-0.25, -0.2) is 4.79 Å². The van der Waals surface area contributed by atoms with E-state index < -0.39 is 0 Å². The van der Waals surface area contributed by atoms with E-state index in [0.717, 1.165) is 18.4 Å². The van der Waals surface area contributed by atoms with Crippen LogP contribution < -0.4 is 0 Å². The molecule has 11 heavy (non-hydrogen) atoms. The second kappa shape index (κ2) is 3.56. The predicted molar refractivity (Wildman–Crippen MR) is 43.1 cm³/mol. The van der Waals surface area contributed by atoms with Gasteiger partial charge in [0.05, 0.1) is 7.11 Å². The van der Waals surface area contributed by atoms with E-state index >= 15 is 0 Å². The van der Waals surface area contributed by atoms with Crippen LogP contribution in [0, 0.1) is 5.92 Å². The van der Waals surface area contributed by atoms with Crippen molar-refractivity contribution >= 4 is 5.97 Å². The number of methoxy groups -OCH3 is 1. The van der Waals surface area contributed by atoms with Crippen molar-refractivity contribution in [2.24, 2.45) is 5.92 Å². The lowest BCUT2D eigenvalue weighted by atomic mass is 9.89. The number of ether oxygens (including phenoxy) is 1. The summed E-state index contributed by atoms with van der Waals surface area (Å²) in [4.78, 5) is 11.1. The first kappa shape index (κ1) is 8.31. The van der Waals surface area contributed by atoms with Gasteiger partial charge in [0.2, 0.25) is 0 Å². The van der Waals surface area contributed by atoms with Crippen LogP contribution in [0.3, 0.4) is 0 Å². The highest BCUT2D eigenvalue weighted by Crippen LogP contribution is 2.24. The van der Waals surface area contributed by atoms with E-state index in [1.807, 2.05) is 6.08 Å². The van der Waals surface area contributed by atoms with Crippen LogP contribution in [0.1, 0.15) is 26.2 Å². The van der Waals surface area contributed by atoms with Crippen molar-refractivity contribution in [3.05, 3.63) is 11.6 Å². The highest BCUT2D eigenvalue weighted by atomic mass is 16.5. The van der Waals surface area contributed by atoms with Crippen LogP contribution in [0.25, 0.3) is 0 Å². The molecule has 1 unspecified atom stereocenters. The van der Waals surface area contributed by atoms with E-state index in [9.17, 15) is 4.79 Å². The van der Waals surface area contributed by atoms with E-state index in [0.29, 0.717) is 5.92 Å². The minimum atomic E-state index is -0.155. The second-order valence-corrected chi connectivity index (χ2v) is 2.98. The zero-order valence-corrected chi connectivity index (χ0v) is 7.09. The predicted octanol–water partition coefficient (Wildman–Crippen LogP) is 1.91. The maximum atomic E-state index is 11.1. The molecule has 0 spiro atoms. The maximum absolute atomic E-state index is 11.1. The van der Waals surface area contributed by atoms with Gasteiger partial charge in [-0.15, -0.1) is 0 Å². The summed E-state index contributed by atoms with van der Waals surface area (Å²) in [5, 5.41) is 0. The summed E-state index contributed by atoms with van der Waals surface area (Å²) in [6.07, 6.45) is 5.33. The Hall–Kier alpha value is -0.790. The average Bonchev–Trinajstić information content (AvgIpc) is 2.04. The molecule has 1 rings (SSSR count). The molecule has 1 atom stereocenters. The molecule has 2 heteroatoms. The minimum absolute atomic E-state index is 0.155. The molecule has 0 saturated heterocycles. The van der Waals surface area contributed by atoms with Crippen molar-refractivity contribution in [1.29, 1.82) is 0 Å². The number of esters is 1. The standard InChI is InChI=1S/C9H14O2/c1-7-5-3-4-6-8(7)9(10)11-2/h6-7H,3-5H2,1-2H3. The van der Waals surface area contributed by atoms with Gasteiger partial charge in [0.25, 0.3) is 0 Å². The Labute approximate surface area is 67.2 Å². The summed E-state index contributed by atoms with van der Waals surface area (Å²) in [5.74, 6) is 0.230. The van der Waals surface area contributed by atoms with Crippen LogP contribution in [-0.2, 0) is 9.53 Å². The molecular weight excluding hydrogens is 140 g/mol. The van der Waals surface area contributed by atoms with Gasteiger partial charge in [0, 0.05) is 5.57 Å². The fourth-order valence-electron chi connectivity index (χ4n) is 1.44. The molecule has 0 fully saturated rings. The Morgan fingerprint density at radius 3 is 3.00 bits per heavy atom. The van der Waals surface area contributed by atoms with Crippen molar-refractivity contribution < 1.29 is 9.53 Å². The molecule has 0 N–H and O–H groups in total. The number of hydrogen-bond acceptors (Lipinski definition) is 2. The molecule has 0 heterocycles. The van der Waals surface area contributed by atoms with Crippen molar-refractivity contribution in [3.63, 3.8) is 0 Å². The highest BCUT2D eigenvalue weighted by Gasteiger charge is 2.19. The summed E-state index contributed by atoms with van der Waals surface area (Å²) in [6.45, 7) is 2.07. The SMILES string of the molecule is COC(=O)C1=CCCCC1C. The first-order chi connectivity index (χ1) is 5.25. The molecule has 0 radical (unpaired) electrons. The van der Waals surface area contributed by atoms with E-state index in [-0.39, 0.29) is 5.97 Å². The molecule has 1 aliphatic carbocycles. The van der Waals surface area contributed by atoms with Crippen LogP contribution in [-0.4, -0.2) is 13.1 Å². The van der Waals surface area contributed by atoms with Gasteiger partial charge < -0.3 is 4.74 Å². The molecule has 0 aromatic carbocycles. The topological polar surface area (TPSA) is 26.3 Å². The molecular formula is C9H14O2. The van der Waals surface area contributed by atoms with Crippen molar-refractivity contribution in [2.75, 3.05) is 7.11 Å². The van der Waals surface area contributed by atoms with E-state index in [1.165, 1.54) is 13.5 Å². The second-order valence-electron chi connectivity index (χ2n) is 2.98. The summed E-state index contributed by atoms with van der Waals surface area (Å²) >= 11 is 0. The van der Waals surface area contributed by atoms with Gasteiger partial charge in [-0.2, -0.15) is 0 Å². The molecule has 1 aliphatic rings. The van der Waals surface area contributed by atoms with Crippen molar-refractivity contribution in [3.8, 4) is 0 Å². The van der Waals surface area contributed by atoms with E-state index in [4.69, 9.17) is 0 Å². The molecule has 0 bridgehead atoms. The Morgan fingerprint density at radius 1 is 1.73 bits per heavy atom. The first-order valence-electron chi connectivity index (χ1n) is 4.04. The van der Waals surface area contributed by atoms with Crippen molar-refractivity contribution in [2.45, 2.75) is 26.2 Å². The number of carbonyl (C=O) groups is 1. The molecule has 2 nitrogen and oxygen atoms in total. The molecule has 0 saturated carbocycles. The fourth-order valence-corrected chi connectivity index (χ4v) is 1.44. The first-order valence-corrected chi connectivity index (χ1v) is 4.04. The maximum Gasteiger partial charge on any atom is 0.333 e. The van der Waals surface area contributed by atoms with Crippen molar-refractivity contribution in [1.82, 2.24) is 0 Å². The zero-order valence-electron chi connectivity index (χ0n) is 7.09. The summed E-state index contributed by atoms with van der Waals surface area (Å²) in [7, 11) is 1.44. The number of carbonyl (C=O) groups excluding carboxylic acids is 1.